The highest BCUT2D eigenvalue weighted by Gasteiger charge is 2.49. The van der Waals surface area contributed by atoms with Crippen molar-refractivity contribution < 1.29 is 14.3 Å². The van der Waals surface area contributed by atoms with Crippen LogP contribution in [0.5, 0.6) is 0 Å². The van der Waals surface area contributed by atoms with Gasteiger partial charge in [0.15, 0.2) is 0 Å². The van der Waals surface area contributed by atoms with E-state index in [2.05, 4.69) is 4.90 Å². The zero-order valence-corrected chi connectivity index (χ0v) is 11.1. The van der Waals surface area contributed by atoms with Crippen molar-refractivity contribution in [3.63, 3.8) is 0 Å². The number of rotatable bonds is 5. The third-order valence-electron chi connectivity index (χ3n) is 4.02. The summed E-state index contributed by atoms with van der Waals surface area (Å²) < 4.78 is 5.42. The minimum atomic E-state index is -0.707. The maximum absolute atomic E-state index is 11.7. The summed E-state index contributed by atoms with van der Waals surface area (Å²) in [5, 5.41) is 9.64. The van der Waals surface area contributed by atoms with E-state index >= 15 is 0 Å². The summed E-state index contributed by atoms with van der Waals surface area (Å²) in [4.78, 5) is 13.8. The lowest BCUT2D eigenvalue weighted by molar-refractivity contribution is -0.152. The largest absolute Gasteiger partial charge is 0.480 e. The van der Waals surface area contributed by atoms with Gasteiger partial charge in [0.1, 0.15) is 11.3 Å². The van der Waals surface area contributed by atoms with Crippen LogP contribution in [0, 0.1) is 0 Å². The number of hydrogen-bond donors (Lipinski definition) is 1. The molecule has 1 saturated heterocycles. The molecule has 1 aromatic rings. The summed E-state index contributed by atoms with van der Waals surface area (Å²) >= 11 is 0. The Labute approximate surface area is 108 Å². The first-order valence-corrected chi connectivity index (χ1v) is 6.65. The van der Waals surface area contributed by atoms with Crippen LogP contribution in [0.25, 0.3) is 0 Å². The lowest BCUT2D eigenvalue weighted by Crippen LogP contribution is -2.51. The number of furan rings is 1. The molecule has 2 rings (SSSR count). The standard InChI is InChI=1S/C14H21NO3/c1-3-7-14(13(16)17)8-5-9-15(14)11(2)12-6-4-10-18-12/h4,6,10-11H,3,5,7-9H2,1-2H3,(H,16,17). The van der Waals surface area contributed by atoms with Crippen molar-refractivity contribution in [3.05, 3.63) is 24.2 Å². The predicted octanol–water partition coefficient (Wildman–Crippen LogP) is 3.06. The molecule has 18 heavy (non-hydrogen) atoms. The van der Waals surface area contributed by atoms with Crippen LogP contribution in [0.15, 0.2) is 22.8 Å². The zero-order chi connectivity index (χ0) is 13.2. The number of carbonyl (C=O) groups is 1. The number of nitrogens with zero attached hydrogens (tertiary/aromatic N) is 1. The van der Waals surface area contributed by atoms with Gasteiger partial charge in [0.25, 0.3) is 0 Å². The first-order valence-electron chi connectivity index (χ1n) is 6.65. The Morgan fingerprint density at radius 3 is 3.00 bits per heavy atom. The molecule has 4 heteroatoms. The topological polar surface area (TPSA) is 53.7 Å². The number of aliphatic carboxylic acids is 1. The van der Waals surface area contributed by atoms with E-state index in [1.807, 2.05) is 26.0 Å². The molecule has 0 aromatic carbocycles. The molecular weight excluding hydrogens is 230 g/mol. The molecule has 100 valence electrons. The number of carboxylic acids is 1. The van der Waals surface area contributed by atoms with Crippen molar-refractivity contribution in [2.45, 2.75) is 51.1 Å². The van der Waals surface area contributed by atoms with E-state index in [0.29, 0.717) is 6.42 Å². The molecule has 2 heterocycles. The Bertz CT molecular complexity index is 401. The Morgan fingerprint density at radius 2 is 2.44 bits per heavy atom. The highest BCUT2D eigenvalue weighted by atomic mass is 16.4. The van der Waals surface area contributed by atoms with Crippen LogP contribution in [0.3, 0.4) is 0 Å². The first-order chi connectivity index (χ1) is 8.62. The Balaban J connectivity index is 2.27. The average Bonchev–Trinajstić information content (AvgIpc) is 2.98. The molecule has 0 bridgehead atoms. The van der Waals surface area contributed by atoms with E-state index < -0.39 is 11.5 Å². The van der Waals surface area contributed by atoms with Gasteiger partial charge in [0, 0.05) is 6.54 Å². The second-order valence-electron chi connectivity index (χ2n) is 5.08. The summed E-state index contributed by atoms with van der Waals surface area (Å²) in [6, 6.07) is 3.79. The van der Waals surface area contributed by atoms with E-state index in [1.165, 1.54) is 0 Å². The van der Waals surface area contributed by atoms with Crippen LogP contribution < -0.4 is 0 Å². The minimum absolute atomic E-state index is 0.0187. The fraction of sp³-hybridized carbons (Fsp3) is 0.643. The van der Waals surface area contributed by atoms with Gasteiger partial charge in [-0.3, -0.25) is 9.69 Å². The molecule has 1 aliphatic rings. The highest BCUT2D eigenvalue weighted by molar-refractivity contribution is 5.79. The maximum atomic E-state index is 11.7. The summed E-state index contributed by atoms with van der Waals surface area (Å²) in [7, 11) is 0. The maximum Gasteiger partial charge on any atom is 0.324 e. The third-order valence-corrected chi connectivity index (χ3v) is 4.02. The molecule has 1 aromatic heterocycles. The summed E-state index contributed by atoms with van der Waals surface area (Å²) in [5.41, 5.74) is -0.707. The average molecular weight is 251 g/mol. The van der Waals surface area contributed by atoms with Gasteiger partial charge in [-0.2, -0.15) is 0 Å². The Hall–Kier alpha value is -1.29. The van der Waals surface area contributed by atoms with Gasteiger partial charge in [-0.15, -0.1) is 0 Å². The molecule has 0 spiro atoms. The van der Waals surface area contributed by atoms with Gasteiger partial charge in [-0.05, 0) is 38.3 Å². The van der Waals surface area contributed by atoms with Gasteiger partial charge < -0.3 is 9.52 Å². The Morgan fingerprint density at radius 1 is 1.67 bits per heavy atom. The highest BCUT2D eigenvalue weighted by Crippen LogP contribution is 2.40. The van der Waals surface area contributed by atoms with Crippen LogP contribution in [0.2, 0.25) is 0 Å². The van der Waals surface area contributed by atoms with E-state index in [0.717, 1.165) is 31.6 Å². The Kier molecular flexibility index (Phi) is 3.76. The van der Waals surface area contributed by atoms with Crippen molar-refractivity contribution in [2.24, 2.45) is 0 Å². The molecule has 4 nitrogen and oxygen atoms in total. The molecule has 1 aliphatic heterocycles. The minimum Gasteiger partial charge on any atom is -0.480 e. The van der Waals surface area contributed by atoms with E-state index in [4.69, 9.17) is 4.42 Å². The van der Waals surface area contributed by atoms with Crippen LogP contribution in [-0.4, -0.2) is 28.1 Å². The predicted molar refractivity (Wildman–Crippen MR) is 68.3 cm³/mol. The molecule has 2 unspecified atom stereocenters. The fourth-order valence-corrected chi connectivity index (χ4v) is 3.17. The summed E-state index contributed by atoms with van der Waals surface area (Å²) in [6.07, 6.45) is 4.91. The summed E-state index contributed by atoms with van der Waals surface area (Å²) in [6.45, 7) is 4.89. The van der Waals surface area contributed by atoms with Crippen LogP contribution in [-0.2, 0) is 4.79 Å². The molecule has 0 amide bonds. The van der Waals surface area contributed by atoms with Gasteiger partial charge in [-0.25, -0.2) is 0 Å². The molecular formula is C14H21NO3. The molecule has 1 fully saturated rings. The van der Waals surface area contributed by atoms with E-state index in [1.54, 1.807) is 6.26 Å². The van der Waals surface area contributed by atoms with Crippen LogP contribution in [0.1, 0.15) is 51.3 Å². The summed E-state index contributed by atoms with van der Waals surface area (Å²) in [5.74, 6) is 0.152. The number of hydrogen-bond acceptors (Lipinski definition) is 3. The smallest absolute Gasteiger partial charge is 0.324 e. The van der Waals surface area contributed by atoms with Crippen molar-refractivity contribution in [3.8, 4) is 0 Å². The lowest BCUT2D eigenvalue weighted by Gasteiger charge is -2.38. The van der Waals surface area contributed by atoms with Gasteiger partial charge in [-0.1, -0.05) is 13.3 Å². The third kappa shape index (κ3) is 2.05. The van der Waals surface area contributed by atoms with Crippen molar-refractivity contribution >= 4 is 5.97 Å². The quantitative estimate of drug-likeness (QED) is 0.873. The SMILES string of the molecule is CCCC1(C(=O)O)CCCN1C(C)c1ccco1. The van der Waals surface area contributed by atoms with E-state index in [9.17, 15) is 9.90 Å². The van der Waals surface area contributed by atoms with Crippen molar-refractivity contribution in [2.75, 3.05) is 6.54 Å². The van der Waals surface area contributed by atoms with Crippen molar-refractivity contribution in [1.29, 1.82) is 0 Å². The molecule has 0 radical (unpaired) electrons. The normalized spacial score (nSPS) is 26.3. The second-order valence-corrected chi connectivity index (χ2v) is 5.08. The molecule has 0 aliphatic carbocycles. The van der Waals surface area contributed by atoms with Crippen LogP contribution in [0.4, 0.5) is 0 Å². The fourth-order valence-electron chi connectivity index (χ4n) is 3.17. The van der Waals surface area contributed by atoms with Crippen molar-refractivity contribution in [1.82, 2.24) is 4.90 Å². The first kappa shape index (κ1) is 13.1. The number of likely N-dealkylation sites (tertiary alicyclic amines) is 1. The van der Waals surface area contributed by atoms with Gasteiger partial charge in [0.2, 0.25) is 0 Å². The monoisotopic (exact) mass is 251 g/mol. The lowest BCUT2D eigenvalue weighted by atomic mass is 9.89. The zero-order valence-electron chi connectivity index (χ0n) is 11.1. The molecule has 1 N–H and O–H groups in total. The second kappa shape index (κ2) is 5.14. The van der Waals surface area contributed by atoms with Crippen LogP contribution >= 0.6 is 0 Å². The molecule has 0 saturated carbocycles. The van der Waals surface area contributed by atoms with Gasteiger partial charge >= 0.3 is 5.97 Å². The van der Waals surface area contributed by atoms with E-state index in [-0.39, 0.29) is 6.04 Å². The molecule has 2 atom stereocenters. The number of carboxylic acid groups (broad SMARTS) is 1. The van der Waals surface area contributed by atoms with Gasteiger partial charge in [0.05, 0.1) is 12.3 Å².